The van der Waals surface area contributed by atoms with Gasteiger partial charge in [0.15, 0.2) is 5.11 Å². The Morgan fingerprint density at radius 2 is 1.79 bits per heavy atom. The Labute approximate surface area is 144 Å². The number of non-ortho nitro benzene ring substituents is 2. The number of carbonyl (C=O) groups is 1. The van der Waals surface area contributed by atoms with E-state index in [-0.39, 0.29) is 10.7 Å². The highest BCUT2D eigenvalue weighted by Gasteiger charge is 2.20. The van der Waals surface area contributed by atoms with Crippen LogP contribution in [0.25, 0.3) is 0 Å². The highest BCUT2D eigenvalue weighted by Crippen LogP contribution is 2.22. The summed E-state index contributed by atoms with van der Waals surface area (Å²) >= 11 is 6.47. The molecule has 2 aromatic rings. The number of thiocarbonyl (C=S) groups is 1. The number of nitro groups is 2. The van der Waals surface area contributed by atoms with Gasteiger partial charge in [0, 0.05) is 17.0 Å². The van der Waals surface area contributed by atoms with E-state index in [2.05, 4.69) is 10.6 Å². The van der Waals surface area contributed by atoms with Crippen LogP contribution in [0.1, 0.15) is 15.2 Å². The van der Waals surface area contributed by atoms with Gasteiger partial charge in [0.05, 0.1) is 28.0 Å². The molecule has 0 spiro atoms. The van der Waals surface area contributed by atoms with Gasteiger partial charge in [-0.3, -0.25) is 30.3 Å². The molecule has 0 fully saturated rings. The highest BCUT2D eigenvalue weighted by atomic mass is 32.1. The summed E-state index contributed by atoms with van der Waals surface area (Å²) in [4.78, 5) is 33.1. The second-order valence-electron chi connectivity index (χ2n) is 4.47. The molecule has 1 amide bonds. The van der Waals surface area contributed by atoms with Gasteiger partial charge in [0.25, 0.3) is 17.3 Å². The van der Waals surface area contributed by atoms with E-state index in [4.69, 9.17) is 12.2 Å². The second-order valence-corrected chi connectivity index (χ2v) is 5.91. The SMILES string of the molecule is O=C(NC(=S)NCc1cccs1)c1cc([N+](=O)[O-])cc([N+](=O)[O-])c1. The molecule has 11 heteroatoms. The minimum Gasteiger partial charge on any atom is -0.357 e. The molecule has 1 aromatic heterocycles. The summed E-state index contributed by atoms with van der Waals surface area (Å²) in [5, 5.41) is 28.7. The van der Waals surface area contributed by atoms with Crippen molar-refractivity contribution in [2.24, 2.45) is 0 Å². The van der Waals surface area contributed by atoms with E-state index in [0.717, 1.165) is 23.1 Å². The zero-order valence-electron chi connectivity index (χ0n) is 11.9. The minimum atomic E-state index is -0.808. The van der Waals surface area contributed by atoms with E-state index in [1.807, 2.05) is 17.5 Å². The summed E-state index contributed by atoms with van der Waals surface area (Å²) < 4.78 is 0. The third-order valence-corrected chi connectivity index (χ3v) is 3.94. The van der Waals surface area contributed by atoms with Crippen LogP contribution in [-0.2, 0) is 6.54 Å². The first-order chi connectivity index (χ1) is 11.4. The Balaban J connectivity index is 2.09. The van der Waals surface area contributed by atoms with E-state index in [0.29, 0.717) is 6.54 Å². The first kappa shape index (κ1) is 17.4. The summed E-state index contributed by atoms with van der Waals surface area (Å²) in [7, 11) is 0. The zero-order chi connectivity index (χ0) is 17.7. The second kappa shape index (κ2) is 7.57. The molecule has 0 atom stereocenters. The number of thiophene rings is 1. The number of nitrogens with one attached hydrogen (secondary N) is 2. The predicted octanol–water partition coefficient (Wildman–Crippen LogP) is 2.37. The lowest BCUT2D eigenvalue weighted by molar-refractivity contribution is -0.394. The van der Waals surface area contributed by atoms with Gasteiger partial charge in [0.2, 0.25) is 0 Å². The maximum atomic E-state index is 12.1. The van der Waals surface area contributed by atoms with Crippen LogP contribution in [-0.4, -0.2) is 20.9 Å². The molecule has 2 N–H and O–H groups in total. The average Bonchev–Trinajstić information content (AvgIpc) is 3.05. The van der Waals surface area contributed by atoms with Gasteiger partial charge in [0.1, 0.15) is 0 Å². The Kier molecular flexibility index (Phi) is 5.50. The molecule has 0 aliphatic rings. The van der Waals surface area contributed by atoms with Crippen molar-refractivity contribution >= 4 is 45.9 Å². The third kappa shape index (κ3) is 4.54. The van der Waals surface area contributed by atoms with Crippen LogP contribution < -0.4 is 10.6 Å². The Morgan fingerprint density at radius 3 is 2.29 bits per heavy atom. The first-order valence-electron chi connectivity index (χ1n) is 6.42. The number of benzene rings is 1. The number of amides is 1. The third-order valence-electron chi connectivity index (χ3n) is 2.82. The van der Waals surface area contributed by atoms with Gasteiger partial charge < -0.3 is 5.32 Å². The molecular weight excluding hydrogens is 356 g/mol. The largest absolute Gasteiger partial charge is 0.357 e. The summed E-state index contributed by atoms with van der Waals surface area (Å²) in [6.45, 7) is 0.409. The number of hydrogen-bond acceptors (Lipinski definition) is 7. The number of nitro benzene ring substituents is 2. The van der Waals surface area contributed by atoms with E-state index >= 15 is 0 Å². The molecule has 1 heterocycles. The quantitative estimate of drug-likeness (QED) is 0.472. The van der Waals surface area contributed by atoms with E-state index in [1.165, 1.54) is 11.3 Å². The van der Waals surface area contributed by atoms with Gasteiger partial charge in [-0.1, -0.05) is 6.07 Å². The van der Waals surface area contributed by atoms with Crippen molar-refractivity contribution in [1.29, 1.82) is 0 Å². The molecule has 1 aromatic carbocycles. The summed E-state index contributed by atoms with van der Waals surface area (Å²) in [6.07, 6.45) is 0. The molecule has 0 bridgehead atoms. The topological polar surface area (TPSA) is 127 Å². The lowest BCUT2D eigenvalue weighted by Crippen LogP contribution is -2.38. The molecule has 0 saturated carbocycles. The lowest BCUT2D eigenvalue weighted by Gasteiger charge is -2.08. The average molecular weight is 366 g/mol. The van der Waals surface area contributed by atoms with Crippen molar-refractivity contribution in [3.63, 3.8) is 0 Å². The molecule has 0 aliphatic carbocycles. The Hall–Kier alpha value is -2.92. The molecule has 0 saturated heterocycles. The van der Waals surface area contributed by atoms with Crippen LogP contribution in [0.4, 0.5) is 11.4 Å². The maximum Gasteiger partial charge on any atom is 0.277 e. The molecule has 0 radical (unpaired) electrons. The van der Waals surface area contributed by atoms with E-state index in [9.17, 15) is 25.0 Å². The fraction of sp³-hybridized carbons (Fsp3) is 0.0769. The molecule has 2 rings (SSSR count). The van der Waals surface area contributed by atoms with Crippen molar-refractivity contribution < 1.29 is 14.6 Å². The normalized spacial score (nSPS) is 10.0. The highest BCUT2D eigenvalue weighted by molar-refractivity contribution is 7.80. The van der Waals surface area contributed by atoms with Crippen LogP contribution in [0.2, 0.25) is 0 Å². The van der Waals surface area contributed by atoms with Gasteiger partial charge in [-0.25, -0.2) is 0 Å². The van der Waals surface area contributed by atoms with Crippen molar-refractivity contribution in [2.45, 2.75) is 6.54 Å². The van der Waals surface area contributed by atoms with Crippen LogP contribution in [0, 0.1) is 20.2 Å². The van der Waals surface area contributed by atoms with Crippen molar-refractivity contribution in [3.05, 3.63) is 66.4 Å². The number of carbonyl (C=O) groups excluding carboxylic acids is 1. The van der Waals surface area contributed by atoms with E-state index < -0.39 is 27.1 Å². The van der Waals surface area contributed by atoms with Crippen molar-refractivity contribution in [3.8, 4) is 0 Å². The van der Waals surface area contributed by atoms with Crippen LogP contribution in [0.3, 0.4) is 0 Å². The first-order valence-corrected chi connectivity index (χ1v) is 7.71. The zero-order valence-corrected chi connectivity index (χ0v) is 13.6. The summed E-state index contributed by atoms with van der Waals surface area (Å²) in [5.74, 6) is -0.773. The lowest BCUT2D eigenvalue weighted by atomic mass is 10.1. The van der Waals surface area contributed by atoms with Crippen LogP contribution >= 0.6 is 23.6 Å². The fourth-order valence-electron chi connectivity index (χ4n) is 1.74. The van der Waals surface area contributed by atoms with Gasteiger partial charge in [-0.2, -0.15) is 0 Å². The standard InChI is InChI=1S/C13H10N4O5S2/c18-12(15-13(23)14-7-11-2-1-3-24-11)8-4-9(16(19)20)6-10(5-8)17(21)22/h1-6H,7H2,(H2,14,15,18,23). The number of rotatable bonds is 5. The van der Waals surface area contributed by atoms with Crippen molar-refractivity contribution in [1.82, 2.24) is 10.6 Å². The molecule has 24 heavy (non-hydrogen) atoms. The monoisotopic (exact) mass is 366 g/mol. The fourth-order valence-corrected chi connectivity index (χ4v) is 2.55. The van der Waals surface area contributed by atoms with Gasteiger partial charge in [-0.05, 0) is 23.7 Å². The maximum absolute atomic E-state index is 12.1. The number of nitrogens with zero attached hydrogens (tertiary/aromatic N) is 2. The van der Waals surface area contributed by atoms with Gasteiger partial charge in [-0.15, -0.1) is 11.3 Å². The summed E-state index contributed by atoms with van der Waals surface area (Å²) in [6, 6.07) is 6.43. The molecule has 124 valence electrons. The van der Waals surface area contributed by atoms with Gasteiger partial charge >= 0.3 is 0 Å². The Morgan fingerprint density at radius 1 is 1.17 bits per heavy atom. The molecular formula is C13H10N4O5S2. The summed E-state index contributed by atoms with van der Waals surface area (Å²) in [5.41, 5.74) is -1.32. The number of hydrogen-bond donors (Lipinski definition) is 2. The smallest absolute Gasteiger partial charge is 0.277 e. The van der Waals surface area contributed by atoms with Crippen LogP contribution in [0.15, 0.2) is 35.7 Å². The Bertz CT molecular complexity index is 774. The van der Waals surface area contributed by atoms with Crippen LogP contribution in [0.5, 0.6) is 0 Å². The molecule has 0 unspecified atom stereocenters. The van der Waals surface area contributed by atoms with Crippen molar-refractivity contribution in [2.75, 3.05) is 0 Å². The van der Waals surface area contributed by atoms with E-state index in [1.54, 1.807) is 0 Å². The molecule has 9 nitrogen and oxygen atoms in total. The minimum absolute atomic E-state index is 0.0163. The molecule has 0 aliphatic heterocycles. The predicted molar refractivity (Wildman–Crippen MR) is 91.0 cm³/mol.